The predicted octanol–water partition coefficient (Wildman–Crippen LogP) is 3.06. The van der Waals surface area contributed by atoms with Crippen LogP contribution < -0.4 is 9.46 Å². The molecule has 0 unspecified atom stereocenters. The number of benzene rings is 2. The number of amides is 1. The van der Waals surface area contributed by atoms with Crippen molar-refractivity contribution in [3.63, 3.8) is 0 Å². The molecule has 0 heterocycles. The first-order valence-corrected chi connectivity index (χ1v) is 8.72. The molecule has 0 aliphatic rings. The summed E-state index contributed by atoms with van der Waals surface area (Å²) in [4.78, 5) is 11.7. The van der Waals surface area contributed by atoms with Gasteiger partial charge in [0.2, 0.25) is 10.0 Å². The van der Waals surface area contributed by atoms with Crippen LogP contribution in [0.4, 0.5) is 8.78 Å². The third-order valence-corrected chi connectivity index (χ3v) is 3.66. The average Bonchev–Trinajstić information content (AvgIpc) is 2.44. The minimum atomic E-state index is -3.89. The molecule has 0 radical (unpaired) electrons. The standard InChI is InChI=1S/C16H15F2NO4S/c1-9-4-5-10(2)14(6-9)23-15-8-12(17)11(7-13(15)18)16(20)19-24(3,21)22/h4-8H,1-3H3,(H,19,20). The van der Waals surface area contributed by atoms with Crippen LogP contribution >= 0.6 is 0 Å². The first kappa shape index (κ1) is 17.9. The monoisotopic (exact) mass is 355 g/mol. The van der Waals surface area contributed by atoms with E-state index < -0.39 is 38.9 Å². The molecular formula is C16H15F2NO4S. The molecule has 2 aromatic carbocycles. The molecule has 128 valence electrons. The van der Waals surface area contributed by atoms with Crippen LogP contribution in [-0.2, 0) is 10.0 Å². The van der Waals surface area contributed by atoms with E-state index in [1.807, 2.05) is 13.0 Å². The predicted molar refractivity (Wildman–Crippen MR) is 84.7 cm³/mol. The molecule has 8 heteroatoms. The summed E-state index contributed by atoms with van der Waals surface area (Å²) in [5, 5.41) is 0. The molecule has 0 bridgehead atoms. The Balaban J connectivity index is 2.36. The molecule has 2 rings (SSSR count). The van der Waals surface area contributed by atoms with Gasteiger partial charge in [0, 0.05) is 6.07 Å². The van der Waals surface area contributed by atoms with Crippen molar-refractivity contribution in [2.45, 2.75) is 13.8 Å². The fourth-order valence-electron chi connectivity index (χ4n) is 1.94. The Morgan fingerprint density at radius 1 is 1.04 bits per heavy atom. The molecule has 0 aromatic heterocycles. The van der Waals surface area contributed by atoms with Crippen molar-refractivity contribution < 1.29 is 26.7 Å². The SMILES string of the molecule is Cc1ccc(C)c(Oc2cc(F)c(C(=O)NS(C)(=O)=O)cc2F)c1. The minimum absolute atomic E-state index is 0.349. The molecule has 0 aliphatic carbocycles. The highest BCUT2D eigenvalue weighted by Crippen LogP contribution is 2.29. The van der Waals surface area contributed by atoms with Gasteiger partial charge in [-0.25, -0.2) is 21.9 Å². The normalized spacial score (nSPS) is 11.2. The summed E-state index contributed by atoms with van der Waals surface area (Å²) in [6.07, 6.45) is 0.733. The van der Waals surface area contributed by atoms with E-state index >= 15 is 0 Å². The van der Waals surface area contributed by atoms with Gasteiger partial charge >= 0.3 is 0 Å². The topological polar surface area (TPSA) is 72.5 Å². The Kier molecular flexibility index (Phi) is 4.88. The van der Waals surface area contributed by atoms with Crippen molar-refractivity contribution in [2.75, 3.05) is 6.26 Å². The fraction of sp³-hybridized carbons (Fsp3) is 0.188. The highest BCUT2D eigenvalue weighted by molar-refractivity contribution is 7.89. The second-order valence-corrected chi connectivity index (χ2v) is 7.09. The number of rotatable bonds is 4. The quantitative estimate of drug-likeness (QED) is 0.915. The lowest BCUT2D eigenvalue weighted by Gasteiger charge is -2.12. The van der Waals surface area contributed by atoms with Crippen LogP contribution in [0.25, 0.3) is 0 Å². The summed E-state index contributed by atoms with van der Waals surface area (Å²) in [7, 11) is -3.89. The van der Waals surface area contributed by atoms with Crippen molar-refractivity contribution in [3.05, 3.63) is 58.7 Å². The van der Waals surface area contributed by atoms with E-state index in [0.717, 1.165) is 17.4 Å². The second kappa shape index (κ2) is 6.56. The number of nitrogens with one attached hydrogen (secondary N) is 1. The maximum Gasteiger partial charge on any atom is 0.267 e. The molecule has 0 spiro atoms. The van der Waals surface area contributed by atoms with E-state index in [1.165, 1.54) is 0 Å². The number of carbonyl (C=O) groups excluding carboxylic acids is 1. The van der Waals surface area contributed by atoms with E-state index in [-0.39, 0.29) is 0 Å². The molecule has 2 aromatic rings. The molecule has 24 heavy (non-hydrogen) atoms. The van der Waals surface area contributed by atoms with Gasteiger partial charge in [-0.05, 0) is 37.1 Å². The number of hydrogen-bond donors (Lipinski definition) is 1. The lowest BCUT2D eigenvalue weighted by atomic mass is 10.1. The summed E-state index contributed by atoms with van der Waals surface area (Å²) < 4.78 is 57.1. The van der Waals surface area contributed by atoms with Crippen molar-refractivity contribution in [1.82, 2.24) is 4.72 Å². The minimum Gasteiger partial charge on any atom is -0.454 e. The van der Waals surface area contributed by atoms with Gasteiger partial charge in [-0.15, -0.1) is 0 Å². The zero-order valence-corrected chi connectivity index (χ0v) is 14.0. The molecule has 1 amide bonds. The van der Waals surface area contributed by atoms with Gasteiger partial charge in [-0.2, -0.15) is 0 Å². The highest BCUT2D eigenvalue weighted by atomic mass is 32.2. The van der Waals surface area contributed by atoms with Gasteiger partial charge in [-0.1, -0.05) is 12.1 Å². The van der Waals surface area contributed by atoms with Crippen LogP contribution in [0.15, 0.2) is 30.3 Å². The van der Waals surface area contributed by atoms with Gasteiger partial charge < -0.3 is 4.74 Å². The molecule has 0 saturated carbocycles. The van der Waals surface area contributed by atoms with Crippen molar-refractivity contribution in [3.8, 4) is 11.5 Å². The molecule has 0 atom stereocenters. The van der Waals surface area contributed by atoms with Crippen LogP contribution in [0.2, 0.25) is 0 Å². The number of sulfonamides is 1. The summed E-state index contributed by atoms with van der Waals surface area (Å²) in [5.74, 6) is -3.40. The fourth-order valence-corrected chi connectivity index (χ4v) is 2.39. The van der Waals surface area contributed by atoms with E-state index in [2.05, 4.69) is 0 Å². The van der Waals surface area contributed by atoms with Crippen molar-refractivity contribution in [2.24, 2.45) is 0 Å². The maximum absolute atomic E-state index is 14.1. The van der Waals surface area contributed by atoms with E-state index in [4.69, 9.17) is 4.74 Å². The number of ether oxygens (including phenoxy) is 1. The van der Waals surface area contributed by atoms with E-state index in [0.29, 0.717) is 17.9 Å². The smallest absolute Gasteiger partial charge is 0.267 e. The van der Waals surface area contributed by atoms with Crippen molar-refractivity contribution >= 4 is 15.9 Å². The van der Waals surface area contributed by atoms with Gasteiger partial charge in [0.1, 0.15) is 11.6 Å². The molecular weight excluding hydrogens is 340 g/mol. The van der Waals surface area contributed by atoms with E-state index in [1.54, 1.807) is 23.8 Å². The molecule has 5 nitrogen and oxygen atoms in total. The van der Waals surface area contributed by atoms with Gasteiger partial charge in [0.25, 0.3) is 5.91 Å². The second-order valence-electron chi connectivity index (χ2n) is 5.34. The lowest BCUT2D eigenvalue weighted by molar-refractivity contribution is 0.0977. The molecule has 0 aliphatic heterocycles. The van der Waals surface area contributed by atoms with Crippen LogP contribution in [0.1, 0.15) is 21.5 Å². The zero-order chi connectivity index (χ0) is 18.1. The first-order valence-electron chi connectivity index (χ1n) is 6.83. The van der Waals surface area contributed by atoms with Crippen molar-refractivity contribution in [1.29, 1.82) is 0 Å². The number of hydrogen-bond acceptors (Lipinski definition) is 4. The van der Waals surface area contributed by atoms with Gasteiger partial charge in [0.15, 0.2) is 11.6 Å². The third kappa shape index (κ3) is 4.29. The summed E-state index contributed by atoms with van der Waals surface area (Å²) in [6.45, 7) is 3.57. The third-order valence-electron chi connectivity index (χ3n) is 3.11. The summed E-state index contributed by atoms with van der Waals surface area (Å²) in [6, 6.07) is 6.58. The molecule has 0 saturated heterocycles. The zero-order valence-electron chi connectivity index (χ0n) is 13.2. The Morgan fingerprint density at radius 2 is 1.71 bits per heavy atom. The van der Waals surface area contributed by atoms with Crippen LogP contribution in [0, 0.1) is 25.5 Å². The van der Waals surface area contributed by atoms with Crippen LogP contribution in [0.3, 0.4) is 0 Å². The maximum atomic E-state index is 14.1. The number of carbonyl (C=O) groups is 1. The summed E-state index contributed by atoms with van der Waals surface area (Å²) in [5.41, 5.74) is 0.867. The van der Waals surface area contributed by atoms with Gasteiger partial charge in [-0.3, -0.25) is 4.79 Å². The highest BCUT2D eigenvalue weighted by Gasteiger charge is 2.20. The van der Waals surface area contributed by atoms with Crippen LogP contribution in [0.5, 0.6) is 11.5 Å². The Bertz CT molecular complexity index is 911. The molecule has 1 N–H and O–H groups in total. The Labute approximate surface area is 138 Å². The summed E-state index contributed by atoms with van der Waals surface area (Å²) >= 11 is 0. The number of halogens is 2. The lowest BCUT2D eigenvalue weighted by Crippen LogP contribution is -2.30. The number of aryl methyl sites for hydroxylation is 2. The average molecular weight is 355 g/mol. The van der Waals surface area contributed by atoms with Gasteiger partial charge in [0.05, 0.1) is 11.8 Å². The van der Waals surface area contributed by atoms with Crippen LogP contribution in [-0.4, -0.2) is 20.6 Å². The Morgan fingerprint density at radius 3 is 2.33 bits per heavy atom. The first-order chi connectivity index (χ1) is 11.1. The largest absolute Gasteiger partial charge is 0.454 e. The Hall–Kier alpha value is -2.48. The van der Waals surface area contributed by atoms with E-state index in [9.17, 15) is 22.0 Å². The molecule has 0 fully saturated rings.